The molecular formula is C14H18ClNO4S. The van der Waals surface area contributed by atoms with Crippen molar-refractivity contribution < 1.29 is 18.3 Å². The summed E-state index contributed by atoms with van der Waals surface area (Å²) in [5.41, 5.74) is 0.604. The smallest absolute Gasteiger partial charge is 0.308 e. The summed E-state index contributed by atoms with van der Waals surface area (Å²) >= 11 is 5.87. The van der Waals surface area contributed by atoms with E-state index in [1.807, 2.05) is 0 Å². The molecule has 1 aromatic rings. The Balaban J connectivity index is 2.20. The number of carboxylic acid groups (broad SMARTS) is 1. The fourth-order valence-corrected chi connectivity index (χ4v) is 4.80. The third kappa shape index (κ3) is 3.75. The molecule has 0 bridgehead atoms. The second-order valence-corrected chi connectivity index (χ2v) is 7.68. The van der Waals surface area contributed by atoms with Crippen molar-refractivity contribution in [2.24, 2.45) is 5.92 Å². The summed E-state index contributed by atoms with van der Waals surface area (Å²) in [7, 11) is -3.56. The highest BCUT2D eigenvalue weighted by atomic mass is 35.5. The minimum absolute atomic E-state index is 0.162. The van der Waals surface area contributed by atoms with Gasteiger partial charge in [0.25, 0.3) is 0 Å². The van der Waals surface area contributed by atoms with E-state index in [1.54, 1.807) is 31.2 Å². The van der Waals surface area contributed by atoms with E-state index in [1.165, 1.54) is 4.31 Å². The molecule has 0 aliphatic carbocycles. The Morgan fingerprint density at radius 2 is 2.19 bits per heavy atom. The molecule has 0 saturated carbocycles. The van der Waals surface area contributed by atoms with E-state index >= 15 is 0 Å². The summed E-state index contributed by atoms with van der Waals surface area (Å²) in [6.45, 7) is 2.03. The Morgan fingerprint density at radius 1 is 1.48 bits per heavy atom. The maximum Gasteiger partial charge on any atom is 0.308 e. The molecule has 21 heavy (non-hydrogen) atoms. The predicted molar refractivity (Wildman–Crippen MR) is 80.6 cm³/mol. The number of benzene rings is 1. The van der Waals surface area contributed by atoms with Crippen LogP contribution < -0.4 is 0 Å². The van der Waals surface area contributed by atoms with Crippen molar-refractivity contribution in [1.82, 2.24) is 4.31 Å². The molecule has 1 heterocycles. The van der Waals surface area contributed by atoms with Crippen LogP contribution in [0.25, 0.3) is 0 Å². The van der Waals surface area contributed by atoms with Crippen LogP contribution in [0, 0.1) is 5.92 Å². The SMILES string of the molecule is C[C@@H]1[C@H](C(=O)O)CCCN1S(=O)(=O)Cc1cccc(Cl)c1. The second-order valence-electron chi connectivity index (χ2n) is 5.32. The molecule has 116 valence electrons. The van der Waals surface area contributed by atoms with E-state index in [2.05, 4.69) is 0 Å². The number of piperidine rings is 1. The van der Waals surface area contributed by atoms with Gasteiger partial charge < -0.3 is 5.11 Å². The molecule has 0 unspecified atom stereocenters. The van der Waals surface area contributed by atoms with Crippen LogP contribution >= 0.6 is 11.6 Å². The van der Waals surface area contributed by atoms with Gasteiger partial charge in [-0.15, -0.1) is 0 Å². The first kappa shape index (κ1) is 16.3. The van der Waals surface area contributed by atoms with Gasteiger partial charge in [-0.2, -0.15) is 4.31 Å². The molecule has 1 aliphatic heterocycles. The fourth-order valence-electron chi connectivity index (χ4n) is 2.76. The molecule has 1 aromatic carbocycles. The van der Waals surface area contributed by atoms with Gasteiger partial charge in [0.05, 0.1) is 11.7 Å². The van der Waals surface area contributed by atoms with E-state index in [4.69, 9.17) is 11.6 Å². The number of rotatable bonds is 4. The highest BCUT2D eigenvalue weighted by Gasteiger charge is 2.38. The van der Waals surface area contributed by atoms with Gasteiger partial charge in [0, 0.05) is 17.6 Å². The topological polar surface area (TPSA) is 74.7 Å². The highest BCUT2D eigenvalue weighted by molar-refractivity contribution is 7.88. The van der Waals surface area contributed by atoms with Gasteiger partial charge in [-0.3, -0.25) is 4.79 Å². The molecule has 2 atom stereocenters. The molecular weight excluding hydrogens is 314 g/mol. The van der Waals surface area contributed by atoms with E-state index < -0.39 is 28.0 Å². The summed E-state index contributed by atoms with van der Waals surface area (Å²) in [6, 6.07) is 6.17. The number of hydrogen-bond donors (Lipinski definition) is 1. The number of sulfonamides is 1. The number of carboxylic acids is 1. The molecule has 0 radical (unpaired) electrons. The van der Waals surface area contributed by atoms with Crippen LogP contribution in [0.1, 0.15) is 25.3 Å². The first-order chi connectivity index (χ1) is 9.81. The van der Waals surface area contributed by atoms with Crippen molar-refractivity contribution in [3.63, 3.8) is 0 Å². The van der Waals surface area contributed by atoms with Crippen molar-refractivity contribution >= 4 is 27.6 Å². The van der Waals surface area contributed by atoms with Crippen LogP contribution in [0.2, 0.25) is 5.02 Å². The Bertz CT molecular complexity index is 632. The average Bonchev–Trinajstić information content (AvgIpc) is 2.37. The molecule has 5 nitrogen and oxygen atoms in total. The van der Waals surface area contributed by atoms with Gasteiger partial charge in [-0.25, -0.2) is 8.42 Å². The van der Waals surface area contributed by atoms with Gasteiger partial charge >= 0.3 is 5.97 Å². The van der Waals surface area contributed by atoms with Crippen LogP contribution in [0.4, 0.5) is 0 Å². The van der Waals surface area contributed by atoms with Crippen LogP contribution in [-0.4, -0.2) is 36.4 Å². The van der Waals surface area contributed by atoms with Crippen LogP contribution in [0.3, 0.4) is 0 Å². The Kier molecular flexibility index (Phi) is 4.91. The molecule has 0 aromatic heterocycles. The zero-order valence-corrected chi connectivity index (χ0v) is 13.3. The first-order valence-corrected chi connectivity index (χ1v) is 8.77. The largest absolute Gasteiger partial charge is 0.481 e. The summed E-state index contributed by atoms with van der Waals surface area (Å²) in [6.07, 6.45) is 1.08. The van der Waals surface area contributed by atoms with Gasteiger partial charge in [-0.05, 0) is 37.5 Å². The number of halogens is 1. The Hall–Kier alpha value is -1.11. The average molecular weight is 332 g/mol. The lowest BCUT2D eigenvalue weighted by Crippen LogP contribution is -2.49. The third-order valence-electron chi connectivity index (χ3n) is 3.84. The molecule has 1 aliphatic rings. The standard InChI is InChI=1S/C14H18ClNO4S/c1-10-13(14(17)18)6-3-7-16(10)21(19,20)9-11-4-2-5-12(15)8-11/h2,4-5,8,10,13H,3,6-7,9H2,1H3,(H,17,18)/t10-,13-/m1/s1. The van der Waals surface area contributed by atoms with Gasteiger partial charge in [0.1, 0.15) is 0 Å². The molecule has 1 fully saturated rings. The maximum atomic E-state index is 12.5. The zero-order chi connectivity index (χ0) is 15.6. The van der Waals surface area contributed by atoms with Crippen molar-refractivity contribution in [2.75, 3.05) is 6.54 Å². The number of hydrogen-bond acceptors (Lipinski definition) is 3. The molecule has 0 spiro atoms. The lowest BCUT2D eigenvalue weighted by atomic mass is 9.92. The first-order valence-electron chi connectivity index (χ1n) is 6.78. The summed E-state index contributed by atoms with van der Waals surface area (Å²) in [5.74, 6) is -1.75. The van der Waals surface area contributed by atoms with Crippen LogP contribution in [-0.2, 0) is 20.6 Å². The van der Waals surface area contributed by atoms with E-state index in [0.29, 0.717) is 30.0 Å². The number of aliphatic carboxylic acids is 1. The van der Waals surface area contributed by atoms with Crippen molar-refractivity contribution in [3.05, 3.63) is 34.9 Å². The quantitative estimate of drug-likeness (QED) is 0.919. The Labute approximate surface area is 129 Å². The molecule has 2 rings (SSSR count). The minimum Gasteiger partial charge on any atom is -0.481 e. The predicted octanol–water partition coefficient (Wildman–Crippen LogP) is 2.35. The normalized spacial score (nSPS) is 23.9. The highest BCUT2D eigenvalue weighted by Crippen LogP contribution is 2.28. The van der Waals surface area contributed by atoms with E-state index in [9.17, 15) is 18.3 Å². The maximum absolute atomic E-state index is 12.5. The van der Waals surface area contributed by atoms with E-state index in [0.717, 1.165) is 0 Å². The number of carbonyl (C=O) groups is 1. The van der Waals surface area contributed by atoms with Gasteiger partial charge in [0.15, 0.2) is 0 Å². The van der Waals surface area contributed by atoms with E-state index in [-0.39, 0.29) is 5.75 Å². The molecule has 1 N–H and O–H groups in total. The zero-order valence-electron chi connectivity index (χ0n) is 11.7. The third-order valence-corrected chi connectivity index (χ3v) is 6.01. The van der Waals surface area contributed by atoms with Crippen molar-refractivity contribution in [1.29, 1.82) is 0 Å². The second kappa shape index (κ2) is 6.34. The van der Waals surface area contributed by atoms with Crippen LogP contribution in [0.15, 0.2) is 24.3 Å². The number of nitrogens with zero attached hydrogens (tertiary/aromatic N) is 1. The molecule has 7 heteroatoms. The van der Waals surface area contributed by atoms with Crippen LogP contribution in [0.5, 0.6) is 0 Å². The van der Waals surface area contributed by atoms with Gasteiger partial charge in [-0.1, -0.05) is 23.7 Å². The Morgan fingerprint density at radius 3 is 2.81 bits per heavy atom. The molecule has 1 saturated heterocycles. The molecule has 0 amide bonds. The fraction of sp³-hybridized carbons (Fsp3) is 0.500. The van der Waals surface area contributed by atoms with Gasteiger partial charge in [0.2, 0.25) is 10.0 Å². The summed E-state index contributed by atoms with van der Waals surface area (Å²) in [4.78, 5) is 11.2. The summed E-state index contributed by atoms with van der Waals surface area (Å²) < 4.78 is 26.4. The minimum atomic E-state index is -3.56. The lowest BCUT2D eigenvalue weighted by Gasteiger charge is -2.36. The lowest BCUT2D eigenvalue weighted by molar-refractivity contribution is -0.144. The van der Waals surface area contributed by atoms with Crippen molar-refractivity contribution in [3.8, 4) is 0 Å². The van der Waals surface area contributed by atoms with Crippen molar-refractivity contribution in [2.45, 2.75) is 31.6 Å². The monoisotopic (exact) mass is 331 g/mol. The summed E-state index contributed by atoms with van der Waals surface area (Å²) in [5, 5.41) is 9.66.